The van der Waals surface area contributed by atoms with Gasteiger partial charge < -0.3 is 19.9 Å². The van der Waals surface area contributed by atoms with Crippen molar-refractivity contribution in [3.63, 3.8) is 0 Å². The van der Waals surface area contributed by atoms with Crippen molar-refractivity contribution in [2.24, 2.45) is 4.99 Å². The van der Waals surface area contributed by atoms with Crippen LogP contribution in [0.4, 0.5) is 5.95 Å². The van der Waals surface area contributed by atoms with Crippen LogP contribution in [0.25, 0.3) is 5.69 Å². The quantitative estimate of drug-likeness (QED) is 0.305. The van der Waals surface area contributed by atoms with Crippen LogP contribution in [0.1, 0.15) is 5.69 Å². The molecular formula is C21H27IN8O. The molecule has 0 aliphatic carbocycles. The van der Waals surface area contributed by atoms with Gasteiger partial charge in [0.1, 0.15) is 5.75 Å². The second kappa shape index (κ2) is 10.9. The van der Waals surface area contributed by atoms with Crippen LogP contribution < -0.4 is 15.0 Å². The van der Waals surface area contributed by atoms with Crippen LogP contribution in [0.2, 0.25) is 0 Å². The third-order valence-corrected chi connectivity index (χ3v) is 5.03. The molecule has 1 aliphatic heterocycles. The number of piperazine rings is 1. The number of hydrogen-bond donors (Lipinski definition) is 1. The normalized spacial score (nSPS) is 14.2. The molecule has 164 valence electrons. The highest BCUT2D eigenvalue weighted by Crippen LogP contribution is 2.15. The zero-order valence-corrected chi connectivity index (χ0v) is 20.0. The minimum atomic E-state index is 0. The number of hydrogen-bond acceptors (Lipinski definition) is 6. The molecule has 0 spiro atoms. The van der Waals surface area contributed by atoms with E-state index in [1.807, 2.05) is 54.3 Å². The van der Waals surface area contributed by atoms with Crippen LogP contribution in [0, 0.1) is 0 Å². The van der Waals surface area contributed by atoms with Gasteiger partial charge in [0.05, 0.1) is 25.0 Å². The summed E-state index contributed by atoms with van der Waals surface area (Å²) in [6.07, 6.45) is 5.51. The highest BCUT2D eigenvalue weighted by atomic mass is 127. The molecule has 3 heterocycles. The Morgan fingerprint density at radius 3 is 2.42 bits per heavy atom. The second-order valence-electron chi connectivity index (χ2n) is 6.87. The summed E-state index contributed by atoms with van der Waals surface area (Å²) < 4.78 is 7.07. The number of anilines is 1. The third-order valence-electron chi connectivity index (χ3n) is 5.03. The van der Waals surface area contributed by atoms with Crippen LogP contribution in [0.3, 0.4) is 0 Å². The van der Waals surface area contributed by atoms with Gasteiger partial charge in [0.15, 0.2) is 5.96 Å². The van der Waals surface area contributed by atoms with E-state index in [1.54, 1.807) is 19.5 Å². The first-order chi connectivity index (χ1) is 14.8. The fourth-order valence-corrected chi connectivity index (χ4v) is 3.41. The molecular weight excluding hydrogens is 507 g/mol. The Kier molecular flexibility index (Phi) is 8.04. The van der Waals surface area contributed by atoms with Crippen LogP contribution >= 0.6 is 24.0 Å². The van der Waals surface area contributed by atoms with Gasteiger partial charge in [-0.15, -0.1) is 24.0 Å². The fraction of sp³-hybridized carbons (Fsp3) is 0.333. The molecule has 1 aliphatic rings. The molecule has 1 saturated heterocycles. The van der Waals surface area contributed by atoms with E-state index >= 15 is 0 Å². The van der Waals surface area contributed by atoms with Gasteiger partial charge in [-0.1, -0.05) is 0 Å². The van der Waals surface area contributed by atoms with Crippen LogP contribution in [-0.4, -0.2) is 70.9 Å². The first-order valence-corrected chi connectivity index (χ1v) is 9.93. The summed E-state index contributed by atoms with van der Waals surface area (Å²) in [5.41, 5.74) is 1.94. The van der Waals surface area contributed by atoms with Crippen molar-refractivity contribution in [1.82, 2.24) is 30.0 Å². The van der Waals surface area contributed by atoms with E-state index in [1.165, 1.54) is 0 Å². The maximum Gasteiger partial charge on any atom is 0.225 e. The lowest BCUT2D eigenvalue weighted by Gasteiger charge is -2.36. The van der Waals surface area contributed by atoms with Crippen LogP contribution in [-0.2, 0) is 6.54 Å². The summed E-state index contributed by atoms with van der Waals surface area (Å²) in [4.78, 5) is 17.6. The molecule has 10 heteroatoms. The molecule has 1 fully saturated rings. The first kappa shape index (κ1) is 22.8. The molecule has 3 aromatic rings. The number of guanidine groups is 1. The van der Waals surface area contributed by atoms with Gasteiger partial charge in [-0.2, -0.15) is 5.10 Å². The van der Waals surface area contributed by atoms with E-state index in [0.29, 0.717) is 6.54 Å². The zero-order chi connectivity index (χ0) is 20.8. The highest BCUT2D eigenvalue weighted by Gasteiger charge is 2.21. The highest BCUT2D eigenvalue weighted by molar-refractivity contribution is 14.0. The molecule has 4 rings (SSSR count). The lowest BCUT2D eigenvalue weighted by atomic mass is 10.3. The monoisotopic (exact) mass is 534 g/mol. The number of aliphatic imine (C=N–C) groups is 1. The average Bonchev–Trinajstić information content (AvgIpc) is 3.29. The van der Waals surface area contributed by atoms with Crippen molar-refractivity contribution < 1.29 is 4.74 Å². The molecule has 9 nitrogen and oxygen atoms in total. The van der Waals surface area contributed by atoms with Crippen molar-refractivity contribution in [2.45, 2.75) is 6.54 Å². The number of benzene rings is 1. The number of ether oxygens (including phenoxy) is 1. The largest absolute Gasteiger partial charge is 0.497 e. The van der Waals surface area contributed by atoms with Gasteiger partial charge in [0.25, 0.3) is 0 Å². The van der Waals surface area contributed by atoms with Crippen molar-refractivity contribution >= 4 is 35.9 Å². The standard InChI is InChI=1S/C21H26N8O.HI/c1-22-20(27-12-14-28(15-13-27)21-23-9-3-10-24-21)25-16-17-8-11-29(26-17)18-4-6-19(30-2)7-5-18;/h3-11H,12-16H2,1-2H3,(H,22,25);1H. The maximum absolute atomic E-state index is 5.21. The van der Waals surface area contributed by atoms with E-state index in [9.17, 15) is 0 Å². The van der Waals surface area contributed by atoms with Crippen molar-refractivity contribution in [1.29, 1.82) is 0 Å². The van der Waals surface area contributed by atoms with Gasteiger partial charge in [0.2, 0.25) is 5.95 Å². The number of nitrogens with zero attached hydrogens (tertiary/aromatic N) is 7. The Bertz CT molecular complexity index is 969. The van der Waals surface area contributed by atoms with E-state index in [2.05, 4.69) is 35.2 Å². The molecule has 0 radical (unpaired) electrons. The smallest absolute Gasteiger partial charge is 0.225 e. The molecule has 0 unspecified atom stereocenters. The van der Waals surface area contributed by atoms with Crippen LogP contribution in [0.15, 0.2) is 60.0 Å². The lowest BCUT2D eigenvalue weighted by molar-refractivity contribution is 0.369. The predicted molar refractivity (Wildman–Crippen MR) is 132 cm³/mol. The van der Waals surface area contributed by atoms with Crippen molar-refractivity contribution in [2.75, 3.05) is 45.2 Å². The molecule has 2 aromatic heterocycles. The van der Waals surface area contributed by atoms with E-state index < -0.39 is 0 Å². The first-order valence-electron chi connectivity index (χ1n) is 9.93. The van der Waals surface area contributed by atoms with Crippen molar-refractivity contribution in [3.05, 3.63) is 60.7 Å². The summed E-state index contributed by atoms with van der Waals surface area (Å²) in [7, 11) is 3.47. The zero-order valence-electron chi connectivity index (χ0n) is 17.7. The Morgan fingerprint density at radius 2 is 1.77 bits per heavy atom. The average molecular weight is 534 g/mol. The van der Waals surface area contributed by atoms with Crippen LogP contribution in [0.5, 0.6) is 5.75 Å². The topological polar surface area (TPSA) is 83.7 Å². The lowest BCUT2D eigenvalue weighted by Crippen LogP contribution is -2.52. The molecule has 31 heavy (non-hydrogen) atoms. The maximum atomic E-state index is 5.21. The molecule has 1 N–H and O–H groups in total. The fourth-order valence-electron chi connectivity index (χ4n) is 3.41. The number of halogens is 1. The van der Waals surface area contributed by atoms with Gasteiger partial charge in [-0.3, -0.25) is 4.99 Å². The molecule has 1 aromatic carbocycles. The number of aromatic nitrogens is 4. The summed E-state index contributed by atoms with van der Waals surface area (Å²) >= 11 is 0. The second-order valence-corrected chi connectivity index (χ2v) is 6.87. The van der Waals surface area contributed by atoms with E-state index in [4.69, 9.17) is 4.74 Å². The van der Waals surface area contributed by atoms with E-state index in [-0.39, 0.29) is 24.0 Å². The summed E-state index contributed by atoms with van der Waals surface area (Å²) in [6, 6.07) is 11.7. The SMILES string of the molecule is CN=C(NCc1ccn(-c2ccc(OC)cc2)n1)N1CCN(c2ncccn2)CC1.I. The van der Waals surface area contributed by atoms with Gasteiger partial charge in [-0.25, -0.2) is 14.6 Å². The Hall–Kier alpha value is -2.89. The van der Waals surface area contributed by atoms with Gasteiger partial charge in [0, 0.05) is 51.8 Å². The van der Waals surface area contributed by atoms with Crippen molar-refractivity contribution in [3.8, 4) is 11.4 Å². The molecule has 0 amide bonds. The summed E-state index contributed by atoms with van der Waals surface area (Å²) in [5.74, 6) is 2.49. The van der Waals surface area contributed by atoms with Gasteiger partial charge in [-0.05, 0) is 36.4 Å². The Balaban J connectivity index is 0.00000272. The number of rotatable bonds is 5. The molecule has 0 atom stereocenters. The summed E-state index contributed by atoms with van der Waals surface area (Å²) in [6.45, 7) is 4.04. The minimum Gasteiger partial charge on any atom is -0.497 e. The molecule has 0 saturated carbocycles. The number of nitrogens with one attached hydrogen (secondary N) is 1. The Morgan fingerprint density at radius 1 is 1.06 bits per heavy atom. The third kappa shape index (κ3) is 5.63. The van der Waals surface area contributed by atoms with Gasteiger partial charge >= 0.3 is 0 Å². The summed E-state index contributed by atoms with van der Waals surface area (Å²) in [5, 5.41) is 8.08. The number of methoxy groups -OCH3 is 1. The molecule has 0 bridgehead atoms. The Labute approximate surface area is 199 Å². The van der Waals surface area contributed by atoms with E-state index in [0.717, 1.165) is 55.2 Å². The minimum absolute atomic E-state index is 0. The predicted octanol–water partition coefficient (Wildman–Crippen LogP) is 2.19.